The van der Waals surface area contributed by atoms with Crippen LogP contribution in [0.2, 0.25) is 0 Å². The average Bonchev–Trinajstić information content (AvgIpc) is 3.15. The second-order valence-corrected chi connectivity index (χ2v) is 6.39. The maximum absolute atomic E-state index is 12.9. The highest BCUT2D eigenvalue weighted by Gasteiger charge is 2.22. The predicted octanol–water partition coefficient (Wildman–Crippen LogP) is 3.98. The van der Waals surface area contributed by atoms with Gasteiger partial charge in [0.2, 0.25) is 0 Å². The third-order valence-electron chi connectivity index (χ3n) is 4.66. The van der Waals surface area contributed by atoms with Crippen molar-refractivity contribution in [3.8, 4) is 5.69 Å². The number of carbonyl (C=O) groups is 1. The Morgan fingerprint density at radius 1 is 0.958 bits per heavy atom. The molecule has 1 aliphatic rings. The number of amides is 1. The fraction of sp³-hybridized carbons (Fsp3) is 0.190. The zero-order valence-corrected chi connectivity index (χ0v) is 13.8. The SMILES string of the molecule is Cc1ccc2c(c1)CN(C(=O)c1cccc(-n3cccc3)c1)CC2. The van der Waals surface area contributed by atoms with Gasteiger partial charge in [0.05, 0.1) is 0 Å². The monoisotopic (exact) mass is 316 g/mol. The van der Waals surface area contributed by atoms with Crippen LogP contribution in [0.25, 0.3) is 5.69 Å². The average molecular weight is 316 g/mol. The number of hydrogen-bond donors (Lipinski definition) is 0. The highest BCUT2D eigenvalue weighted by molar-refractivity contribution is 5.95. The van der Waals surface area contributed by atoms with Gasteiger partial charge in [-0.05, 0) is 54.8 Å². The first-order valence-electron chi connectivity index (χ1n) is 8.32. The standard InChI is InChI=1S/C21H20N2O/c1-16-7-8-17-9-12-23(15-19(17)13-16)21(24)18-5-4-6-20(14-18)22-10-2-3-11-22/h2-8,10-11,13-14H,9,12,15H2,1H3. The van der Waals surface area contributed by atoms with Crippen molar-refractivity contribution >= 4 is 5.91 Å². The van der Waals surface area contributed by atoms with Gasteiger partial charge in [-0.15, -0.1) is 0 Å². The summed E-state index contributed by atoms with van der Waals surface area (Å²) in [4.78, 5) is 14.9. The Hall–Kier alpha value is -2.81. The van der Waals surface area contributed by atoms with Crippen LogP contribution in [0.3, 0.4) is 0 Å². The van der Waals surface area contributed by atoms with Gasteiger partial charge in [0.15, 0.2) is 0 Å². The number of hydrogen-bond acceptors (Lipinski definition) is 1. The smallest absolute Gasteiger partial charge is 0.254 e. The molecular weight excluding hydrogens is 296 g/mol. The molecule has 1 amide bonds. The van der Waals surface area contributed by atoms with Crippen LogP contribution in [0.4, 0.5) is 0 Å². The van der Waals surface area contributed by atoms with E-state index in [4.69, 9.17) is 0 Å². The van der Waals surface area contributed by atoms with Crippen molar-refractivity contribution in [3.63, 3.8) is 0 Å². The summed E-state index contributed by atoms with van der Waals surface area (Å²) in [5.74, 6) is 0.108. The number of benzene rings is 2. The van der Waals surface area contributed by atoms with E-state index in [1.165, 1.54) is 16.7 Å². The number of carbonyl (C=O) groups excluding carboxylic acids is 1. The van der Waals surface area contributed by atoms with Crippen LogP contribution in [0.1, 0.15) is 27.0 Å². The van der Waals surface area contributed by atoms with Crippen LogP contribution in [0.15, 0.2) is 67.0 Å². The van der Waals surface area contributed by atoms with Crippen molar-refractivity contribution in [2.75, 3.05) is 6.54 Å². The molecule has 0 radical (unpaired) electrons. The zero-order valence-electron chi connectivity index (χ0n) is 13.8. The van der Waals surface area contributed by atoms with E-state index in [1.807, 2.05) is 58.3 Å². The lowest BCUT2D eigenvalue weighted by atomic mass is 9.97. The molecule has 24 heavy (non-hydrogen) atoms. The zero-order chi connectivity index (χ0) is 16.5. The van der Waals surface area contributed by atoms with E-state index in [9.17, 15) is 4.79 Å². The van der Waals surface area contributed by atoms with Gasteiger partial charge in [-0.25, -0.2) is 0 Å². The Kier molecular flexibility index (Phi) is 3.69. The van der Waals surface area contributed by atoms with E-state index < -0.39 is 0 Å². The summed E-state index contributed by atoms with van der Waals surface area (Å²) in [5, 5.41) is 0. The van der Waals surface area contributed by atoms with Gasteiger partial charge in [0.25, 0.3) is 5.91 Å². The minimum atomic E-state index is 0.108. The van der Waals surface area contributed by atoms with Gasteiger partial charge >= 0.3 is 0 Å². The van der Waals surface area contributed by atoms with E-state index in [1.54, 1.807) is 0 Å². The molecule has 1 aromatic heterocycles. The molecule has 0 saturated carbocycles. The molecule has 3 heteroatoms. The molecule has 0 aliphatic carbocycles. The van der Waals surface area contributed by atoms with Gasteiger partial charge in [-0.1, -0.05) is 29.8 Å². The van der Waals surface area contributed by atoms with Crippen molar-refractivity contribution in [1.82, 2.24) is 9.47 Å². The number of aromatic nitrogens is 1. The second kappa shape index (κ2) is 6.00. The quantitative estimate of drug-likeness (QED) is 0.702. The number of rotatable bonds is 2. The molecule has 2 heterocycles. The molecule has 2 aromatic carbocycles. The largest absolute Gasteiger partial charge is 0.334 e. The Balaban J connectivity index is 1.60. The van der Waals surface area contributed by atoms with E-state index in [0.29, 0.717) is 6.54 Å². The van der Waals surface area contributed by atoms with E-state index in [0.717, 1.165) is 24.2 Å². The van der Waals surface area contributed by atoms with Crippen molar-refractivity contribution in [3.05, 3.63) is 89.2 Å². The Bertz CT molecular complexity index is 881. The topological polar surface area (TPSA) is 25.2 Å². The molecule has 0 unspecified atom stereocenters. The summed E-state index contributed by atoms with van der Waals surface area (Å²) in [6, 6.07) is 18.4. The lowest BCUT2D eigenvalue weighted by molar-refractivity contribution is 0.0734. The van der Waals surface area contributed by atoms with Crippen LogP contribution >= 0.6 is 0 Å². The lowest BCUT2D eigenvalue weighted by Crippen LogP contribution is -2.36. The maximum Gasteiger partial charge on any atom is 0.254 e. The number of fused-ring (bicyclic) bond motifs is 1. The summed E-state index contributed by atoms with van der Waals surface area (Å²) in [6.07, 6.45) is 4.91. The maximum atomic E-state index is 12.9. The first kappa shape index (κ1) is 14.8. The van der Waals surface area contributed by atoms with Crippen LogP contribution in [-0.2, 0) is 13.0 Å². The van der Waals surface area contributed by atoms with Crippen molar-refractivity contribution in [1.29, 1.82) is 0 Å². The van der Waals surface area contributed by atoms with E-state index >= 15 is 0 Å². The minimum Gasteiger partial charge on any atom is -0.334 e. The van der Waals surface area contributed by atoms with Crippen LogP contribution in [-0.4, -0.2) is 21.9 Å². The molecule has 0 spiro atoms. The number of nitrogens with zero attached hydrogens (tertiary/aromatic N) is 2. The van der Waals surface area contributed by atoms with Crippen molar-refractivity contribution in [2.45, 2.75) is 19.9 Å². The van der Waals surface area contributed by atoms with Gasteiger partial charge < -0.3 is 9.47 Å². The first-order chi connectivity index (χ1) is 11.7. The number of aryl methyl sites for hydroxylation is 1. The second-order valence-electron chi connectivity index (χ2n) is 6.39. The molecular formula is C21H20N2O. The lowest BCUT2D eigenvalue weighted by Gasteiger charge is -2.29. The summed E-state index contributed by atoms with van der Waals surface area (Å²) in [7, 11) is 0. The van der Waals surface area contributed by atoms with E-state index in [2.05, 4.69) is 25.1 Å². The molecule has 3 nitrogen and oxygen atoms in total. The normalized spacial score (nSPS) is 13.6. The molecule has 0 fully saturated rings. The summed E-state index contributed by atoms with van der Waals surface area (Å²) >= 11 is 0. The fourth-order valence-corrected chi connectivity index (χ4v) is 3.35. The van der Waals surface area contributed by atoms with Gasteiger partial charge in [0, 0.05) is 36.7 Å². The molecule has 3 aromatic rings. The Morgan fingerprint density at radius 2 is 1.79 bits per heavy atom. The fourth-order valence-electron chi connectivity index (χ4n) is 3.35. The van der Waals surface area contributed by atoms with Gasteiger partial charge in [-0.2, -0.15) is 0 Å². The molecule has 0 atom stereocenters. The molecule has 0 saturated heterocycles. The van der Waals surface area contributed by atoms with Crippen LogP contribution < -0.4 is 0 Å². The van der Waals surface area contributed by atoms with Crippen molar-refractivity contribution < 1.29 is 4.79 Å². The van der Waals surface area contributed by atoms with Crippen LogP contribution in [0, 0.1) is 6.92 Å². The molecule has 120 valence electrons. The summed E-state index contributed by atoms with van der Waals surface area (Å²) in [6.45, 7) is 3.58. The van der Waals surface area contributed by atoms with Crippen LogP contribution in [0.5, 0.6) is 0 Å². The molecule has 0 N–H and O–H groups in total. The highest BCUT2D eigenvalue weighted by Crippen LogP contribution is 2.22. The summed E-state index contributed by atoms with van der Waals surface area (Å²) < 4.78 is 2.02. The molecule has 1 aliphatic heterocycles. The Morgan fingerprint density at radius 3 is 2.62 bits per heavy atom. The van der Waals surface area contributed by atoms with Gasteiger partial charge in [-0.3, -0.25) is 4.79 Å². The first-order valence-corrected chi connectivity index (χ1v) is 8.32. The summed E-state index contributed by atoms with van der Waals surface area (Å²) in [5.41, 5.74) is 5.65. The predicted molar refractivity (Wildman–Crippen MR) is 95.4 cm³/mol. The van der Waals surface area contributed by atoms with Crippen molar-refractivity contribution in [2.24, 2.45) is 0 Å². The van der Waals surface area contributed by atoms with Gasteiger partial charge in [0.1, 0.15) is 0 Å². The molecule has 0 bridgehead atoms. The third kappa shape index (κ3) is 2.73. The highest BCUT2D eigenvalue weighted by atomic mass is 16.2. The third-order valence-corrected chi connectivity index (χ3v) is 4.66. The minimum absolute atomic E-state index is 0.108. The Labute approximate surface area is 142 Å². The van der Waals surface area contributed by atoms with E-state index in [-0.39, 0.29) is 5.91 Å². The molecule has 4 rings (SSSR count).